The lowest BCUT2D eigenvalue weighted by molar-refractivity contribution is -0.143. The minimum atomic E-state index is -0.597. The van der Waals surface area contributed by atoms with Crippen LogP contribution in [0.15, 0.2) is 48.5 Å². The Bertz CT molecular complexity index is 827. The maximum Gasteiger partial charge on any atom is 0.261 e. The Balaban J connectivity index is 2.17. The number of carbonyl (C=O) groups excluding carboxylic acids is 2. The molecule has 0 spiro atoms. The predicted octanol–water partition coefficient (Wildman–Crippen LogP) is 5.10. The second-order valence-electron chi connectivity index (χ2n) is 6.94. The zero-order chi connectivity index (χ0) is 21.9. The smallest absolute Gasteiger partial charge is 0.261 e. The molecule has 1 atom stereocenters. The van der Waals surface area contributed by atoms with Crippen LogP contribution in [0.25, 0.3) is 0 Å². The molecule has 0 bridgehead atoms. The van der Waals surface area contributed by atoms with Gasteiger partial charge in [-0.1, -0.05) is 67.7 Å². The standard InChI is InChI=1S/C23H28Cl2N2O3/c1-3-5-14-26-23(29)20(4-2)27(15-17-10-12-18(24)13-11-17)22(28)16-30-21-9-7-6-8-19(21)25/h6-13,20H,3-5,14-16H2,1-2H3,(H,26,29)/t20-/m0/s1. The Morgan fingerprint density at radius 2 is 1.77 bits per heavy atom. The molecule has 2 rings (SSSR count). The van der Waals surface area contributed by atoms with E-state index in [9.17, 15) is 9.59 Å². The van der Waals surface area contributed by atoms with Crippen LogP contribution in [0.2, 0.25) is 10.0 Å². The molecule has 0 aromatic heterocycles. The van der Waals surface area contributed by atoms with Gasteiger partial charge in [-0.05, 0) is 42.7 Å². The van der Waals surface area contributed by atoms with Gasteiger partial charge < -0.3 is 15.0 Å². The highest BCUT2D eigenvalue weighted by atomic mass is 35.5. The van der Waals surface area contributed by atoms with Crippen LogP contribution in [0, 0.1) is 0 Å². The summed E-state index contributed by atoms with van der Waals surface area (Å²) in [6.07, 6.45) is 2.36. The van der Waals surface area contributed by atoms with Crippen LogP contribution < -0.4 is 10.1 Å². The number of ether oxygens (including phenoxy) is 1. The van der Waals surface area contributed by atoms with Gasteiger partial charge in [-0.3, -0.25) is 9.59 Å². The molecule has 2 amide bonds. The molecule has 0 aliphatic rings. The van der Waals surface area contributed by atoms with Gasteiger partial charge in [-0.15, -0.1) is 0 Å². The van der Waals surface area contributed by atoms with E-state index in [1.165, 1.54) is 0 Å². The number of hydrogen-bond donors (Lipinski definition) is 1. The summed E-state index contributed by atoms with van der Waals surface area (Å²) in [6, 6.07) is 13.6. The number of hydrogen-bond acceptors (Lipinski definition) is 3. The van der Waals surface area contributed by atoms with Gasteiger partial charge in [0.2, 0.25) is 5.91 Å². The lowest BCUT2D eigenvalue weighted by atomic mass is 10.1. The predicted molar refractivity (Wildman–Crippen MR) is 121 cm³/mol. The number of unbranched alkanes of at least 4 members (excludes halogenated alkanes) is 1. The molecular formula is C23H28Cl2N2O3. The lowest BCUT2D eigenvalue weighted by Gasteiger charge is -2.30. The molecule has 0 saturated carbocycles. The summed E-state index contributed by atoms with van der Waals surface area (Å²) in [5.41, 5.74) is 0.880. The van der Waals surface area contributed by atoms with E-state index in [2.05, 4.69) is 12.2 Å². The molecule has 0 unspecified atom stereocenters. The highest BCUT2D eigenvalue weighted by Crippen LogP contribution is 2.23. The fourth-order valence-corrected chi connectivity index (χ4v) is 3.31. The van der Waals surface area contributed by atoms with Crippen molar-refractivity contribution in [3.05, 3.63) is 64.1 Å². The Labute approximate surface area is 188 Å². The van der Waals surface area contributed by atoms with E-state index in [0.717, 1.165) is 18.4 Å². The Hall–Kier alpha value is -2.24. The number of para-hydroxylation sites is 1. The molecule has 7 heteroatoms. The van der Waals surface area contributed by atoms with E-state index in [0.29, 0.717) is 28.8 Å². The first-order valence-corrected chi connectivity index (χ1v) is 10.9. The quantitative estimate of drug-likeness (QED) is 0.484. The number of carbonyl (C=O) groups is 2. The molecule has 1 N–H and O–H groups in total. The van der Waals surface area contributed by atoms with Crippen molar-refractivity contribution in [2.75, 3.05) is 13.2 Å². The van der Waals surface area contributed by atoms with Crippen molar-refractivity contribution in [2.45, 2.75) is 45.7 Å². The monoisotopic (exact) mass is 450 g/mol. The molecule has 2 aromatic rings. The summed E-state index contributed by atoms with van der Waals surface area (Å²) in [5.74, 6) is -0.0206. The SMILES string of the molecule is CCCCNC(=O)[C@H](CC)N(Cc1ccc(Cl)cc1)C(=O)COc1ccccc1Cl. The fraction of sp³-hybridized carbons (Fsp3) is 0.391. The molecule has 5 nitrogen and oxygen atoms in total. The average Bonchev–Trinajstić information content (AvgIpc) is 2.74. The summed E-state index contributed by atoms with van der Waals surface area (Å²) in [4.78, 5) is 27.4. The van der Waals surface area contributed by atoms with E-state index in [4.69, 9.17) is 27.9 Å². The van der Waals surface area contributed by atoms with Crippen LogP contribution in [0.4, 0.5) is 0 Å². The molecule has 30 heavy (non-hydrogen) atoms. The van der Waals surface area contributed by atoms with E-state index < -0.39 is 6.04 Å². The molecule has 0 aliphatic carbocycles. The van der Waals surface area contributed by atoms with E-state index in [1.54, 1.807) is 41.3 Å². The molecule has 0 fully saturated rings. The van der Waals surface area contributed by atoms with Gasteiger partial charge in [0.25, 0.3) is 5.91 Å². The van der Waals surface area contributed by atoms with Gasteiger partial charge in [0.05, 0.1) is 5.02 Å². The summed E-state index contributed by atoms with van der Waals surface area (Å²) in [6.45, 7) is 4.61. The van der Waals surface area contributed by atoms with Gasteiger partial charge in [0.15, 0.2) is 6.61 Å². The van der Waals surface area contributed by atoms with Crippen molar-refractivity contribution < 1.29 is 14.3 Å². The first kappa shape index (κ1) is 24.0. The molecule has 162 valence electrons. The first-order chi connectivity index (χ1) is 14.5. The summed E-state index contributed by atoms with van der Waals surface area (Å²) >= 11 is 12.1. The maximum atomic E-state index is 13.1. The molecule has 2 aromatic carbocycles. The largest absolute Gasteiger partial charge is 0.482 e. The van der Waals surface area contributed by atoms with Crippen molar-refractivity contribution in [3.8, 4) is 5.75 Å². The van der Waals surface area contributed by atoms with E-state index in [1.807, 2.05) is 19.1 Å². The Kier molecular flexibility index (Phi) is 9.98. The summed E-state index contributed by atoms with van der Waals surface area (Å²) in [7, 11) is 0. The van der Waals surface area contributed by atoms with Crippen molar-refractivity contribution in [1.82, 2.24) is 10.2 Å². The van der Waals surface area contributed by atoms with Crippen molar-refractivity contribution in [1.29, 1.82) is 0 Å². The third kappa shape index (κ3) is 7.22. The maximum absolute atomic E-state index is 13.1. The number of halogens is 2. The van der Waals surface area contributed by atoms with Crippen molar-refractivity contribution in [2.24, 2.45) is 0 Å². The second kappa shape index (κ2) is 12.5. The van der Waals surface area contributed by atoms with Gasteiger partial charge in [-0.25, -0.2) is 0 Å². The average molecular weight is 451 g/mol. The van der Waals surface area contributed by atoms with Crippen LogP contribution in [-0.4, -0.2) is 35.9 Å². The van der Waals surface area contributed by atoms with Gasteiger partial charge in [0, 0.05) is 18.1 Å². The summed E-state index contributed by atoms with van der Waals surface area (Å²) < 4.78 is 5.63. The third-order valence-corrected chi connectivity index (χ3v) is 5.23. The highest BCUT2D eigenvalue weighted by molar-refractivity contribution is 6.32. The van der Waals surface area contributed by atoms with Crippen LogP contribution in [-0.2, 0) is 16.1 Å². The van der Waals surface area contributed by atoms with E-state index in [-0.39, 0.29) is 25.0 Å². The molecule has 0 heterocycles. The topological polar surface area (TPSA) is 58.6 Å². The van der Waals surface area contributed by atoms with Gasteiger partial charge in [0.1, 0.15) is 11.8 Å². The fourth-order valence-electron chi connectivity index (χ4n) is 3.00. The third-order valence-electron chi connectivity index (χ3n) is 4.67. The van der Waals surface area contributed by atoms with Crippen LogP contribution in [0.1, 0.15) is 38.7 Å². The highest BCUT2D eigenvalue weighted by Gasteiger charge is 2.28. The number of rotatable bonds is 11. The zero-order valence-corrected chi connectivity index (χ0v) is 18.9. The van der Waals surface area contributed by atoms with Gasteiger partial charge >= 0.3 is 0 Å². The number of nitrogens with one attached hydrogen (secondary N) is 1. The van der Waals surface area contributed by atoms with Crippen LogP contribution >= 0.6 is 23.2 Å². The first-order valence-electron chi connectivity index (χ1n) is 10.1. The molecule has 0 radical (unpaired) electrons. The normalized spacial score (nSPS) is 11.6. The van der Waals surface area contributed by atoms with Crippen LogP contribution in [0.3, 0.4) is 0 Å². The van der Waals surface area contributed by atoms with Crippen molar-refractivity contribution >= 4 is 35.0 Å². The molecule has 0 aliphatic heterocycles. The Morgan fingerprint density at radius 3 is 2.40 bits per heavy atom. The van der Waals surface area contributed by atoms with Crippen LogP contribution in [0.5, 0.6) is 5.75 Å². The number of benzene rings is 2. The minimum absolute atomic E-state index is 0.161. The number of nitrogens with zero attached hydrogens (tertiary/aromatic N) is 1. The Morgan fingerprint density at radius 1 is 1.07 bits per heavy atom. The molecule has 0 saturated heterocycles. The van der Waals surface area contributed by atoms with Crippen molar-refractivity contribution in [3.63, 3.8) is 0 Å². The molecular weight excluding hydrogens is 423 g/mol. The summed E-state index contributed by atoms with van der Waals surface area (Å²) in [5, 5.41) is 3.98. The second-order valence-corrected chi connectivity index (χ2v) is 7.78. The number of amides is 2. The zero-order valence-electron chi connectivity index (χ0n) is 17.4. The van der Waals surface area contributed by atoms with E-state index >= 15 is 0 Å². The minimum Gasteiger partial charge on any atom is -0.482 e. The lowest BCUT2D eigenvalue weighted by Crippen LogP contribution is -2.50. The van der Waals surface area contributed by atoms with Gasteiger partial charge in [-0.2, -0.15) is 0 Å².